The first kappa shape index (κ1) is 38.2. The zero-order chi connectivity index (χ0) is 37.0. The molecule has 8 heteroatoms. The van der Waals surface area contributed by atoms with Crippen LogP contribution in [0.25, 0.3) is 0 Å². The summed E-state index contributed by atoms with van der Waals surface area (Å²) in [6.07, 6.45) is 7.43. The van der Waals surface area contributed by atoms with E-state index in [1.54, 1.807) is 0 Å². The molecule has 0 unspecified atom stereocenters. The summed E-state index contributed by atoms with van der Waals surface area (Å²) in [4.78, 5) is 2.38. The molecule has 1 heterocycles. The maximum absolute atomic E-state index is 7.25. The highest BCUT2D eigenvalue weighted by molar-refractivity contribution is 9.10. The molecule has 0 aromatic heterocycles. The van der Waals surface area contributed by atoms with Crippen molar-refractivity contribution < 1.29 is 14.8 Å². The summed E-state index contributed by atoms with van der Waals surface area (Å²) in [5.41, 5.74) is 16.6. The van der Waals surface area contributed by atoms with Gasteiger partial charge in [-0.25, -0.2) is 0 Å². The molecular formula is C44H49Br2ClN3O2+. The Bertz CT molecular complexity index is 2000. The van der Waals surface area contributed by atoms with E-state index in [-0.39, 0.29) is 10.8 Å². The van der Waals surface area contributed by atoms with Crippen LogP contribution in [0.2, 0.25) is 0 Å². The Morgan fingerprint density at radius 3 is 2.21 bits per heavy atom. The van der Waals surface area contributed by atoms with Crippen LogP contribution in [-0.2, 0) is 10.8 Å². The molecule has 6 rings (SSSR count). The fraction of sp³-hybridized carbons (Fsp3) is 0.318. The Morgan fingerprint density at radius 1 is 0.885 bits per heavy atom. The van der Waals surface area contributed by atoms with Crippen molar-refractivity contribution in [3.8, 4) is 11.5 Å². The van der Waals surface area contributed by atoms with Crippen molar-refractivity contribution in [2.45, 2.75) is 64.7 Å². The number of anilines is 2. The van der Waals surface area contributed by atoms with E-state index < -0.39 is 0 Å². The van der Waals surface area contributed by atoms with Crippen LogP contribution in [0.4, 0.5) is 17.1 Å². The second kappa shape index (κ2) is 16.3. The molecule has 0 atom stereocenters. The molecule has 1 aliphatic heterocycles. The lowest BCUT2D eigenvalue weighted by Crippen LogP contribution is -2.79. The Hall–Kier alpha value is -3.49. The Morgan fingerprint density at radius 2 is 1.54 bits per heavy atom. The molecule has 0 saturated carbocycles. The van der Waals surface area contributed by atoms with Crippen LogP contribution in [-0.4, -0.2) is 26.3 Å². The molecule has 0 saturated heterocycles. The van der Waals surface area contributed by atoms with Gasteiger partial charge in [0.2, 0.25) is 0 Å². The van der Waals surface area contributed by atoms with E-state index in [0.29, 0.717) is 19.8 Å². The number of allylic oxidation sites excluding steroid dienone is 6. The zero-order valence-corrected chi connectivity index (χ0v) is 34.7. The van der Waals surface area contributed by atoms with Gasteiger partial charge in [0.05, 0.1) is 6.54 Å². The van der Waals surface area contributed by atoms with Gasteiger partial charge in [0.1, 0.15) is 36.9 Å². The van der Waals surface area contributed by atoms with E-state index in [1.165, 1.54) is 44.9 Å². The highest BCUT2D eigenvalue weighted by Gasteiger charge is 2.40. The predicted molar refractivity (Wildman–Crippen MR) is 224 cm³/mol. The number of nitrogens with two attached hydrogens (primary N) is 2. The fourth-order valence-electron chi connectivity index (χ4n) is 7.21. The van der Waals surface area contributed by atoms with Crippen molar-refractivity contribution in [2.24, 2.45) is 0 Å². The number of hydrogen-bond donors (Lipinski definition) is 2. The molecule has 52 heavy (non-hydrogen) atoms. The summed E-state index contributed by atoms with van der Waals surface area (Å²) >= 11 is 14.2. The summed E-state index contributed by atoms with van der Waals surface area (Å²) < 4.78 is 14.3. The number of halogens is 3. The van der Waals surface area contributed by atoms with Crippen LogP contribution >= 0.6 is 43.5 Å². The summed E-state index contributed by atoms with van der Waals surface area (Å²) in [5, 5.41) is 3.18. The van der Waals surface area contributed by atoms with Gasteiger partial charge in [-0.2, -0.15) is 0 Å². The SMILES string of the molecule is Cc1ccc([NH2+]CCOc2ccc(Br)cc2)c(C(C)(C)C/C=C2\CCC(/C=C3/N(CCOc4ccc(Br)cc4)c4ccc(N)cc4C3(C)C)=C2Cl)c1. The normalized spacial score (nSPS) is 17.0. The highest BCUT2D eigenvalue weighted by atomic mass is 79.9. The van der Waals surface area contributed by atoms with Crippen LogP contribution in [0.3, 0.4) is 0 Å². The molecule has 4 aromatic rings. The van der Waals surface area contributed by atoms with Crippen molar-refractivity contribution in [3.63, 3.8) is 0 Å². The summed E-state index contributed by atoms with van der Waals surface area (Å²) in [5.74, 6) is 1.73. The first-order valence-electron chi connectivity index (χ1n) is 18.0. The van der Waals surface area contributed by atoms with Gasteiger partial charge in [0.15, 0.2) is 0 Å². The number of benzene rings is 4. The Labute approximate surface area is 331 Å². The number of ether oxygens (including phenoxy) is 2. The largest absolute Gasteiger partial charge is 0.492 e. The molecule has 4 aromatic carbocycles. The second-order valence-corrected chi connectivity index (χ2v) is 17.1. The average Bonchev–Trinajstić information content (AvgIpc) is 3.56. The Kier molecular flexibility index (Phi) is 12.0. The quantitative estimate of drug-likeness (QED) is 0.104. The Balaban J connectivity index is 1.18. The maximum atomic E-state index is 7.25. The number of nitrogen functional groups attached to an aromatic ring is 1. The number of hydrogen-bond acceptors (Lipinski definition) is 4. The van der Waals surface area contributed by atoms with Gasteiger partial charge in [0.25, 0.3) is 0 Å². The smallest absolute Gasteiger partial charge is 0.137 e. The monoisotopic (exact) mass is 844 g/mol. The van der Waals surface area contributed by atoms with Crippen molar-refractivity contribution >= 4 is 60.5 Å². The van der Waals surface area contributed by atoms with Gasteiger partial charge in [0, 0.05) is 42.0 Å². The van der Waals surface area contributed by atoms with Gasteiger partial charge in [-0.15, -0.1) is 0 Å². The molecule has 272 valence electrons. The summed E-state index contributed by atoms with van der Waals surface area (Å²) in [7, 11) is 0. The third-order valence-corrected chi connectivity index (χ3v) is 11.8. The predicted octanol–water partition coefficient (Wildman–Crippen LogP) is 11.0. The molecule has 0 radical (unpaired) electrons. The lowest BCUT2D eigenvalue weighted by Gasteiger charge is -2.27. The fourth-order valence-corrected chi connectivity index (χ4v) is 8.06. The third-order valence-electron chi connectivity index (χ3n) is 10.2. The van der Waals surface area contributed by atoms with Gasteiger partial charge in [-0.3, -0.25) is 0 Å². The summed E-state index contributed by atoms with van der Waals surface area (Å²) in [6, 6.07) is 29.0. The van der Waals surface area contributed by atoms with Crippen LogP contribution in [0.15, 0.2) is 128 Å². The standard InChI is InChI=1S/C44H48Br2ClN3O2/c1-29-6-18-39(49-22-24-51-35-14-9-32(45)10-15-35)37(26-29)43(2,3)21-20-30-7-8-31(42(30)47)27-41-44(4,5)38-28-34(48)13-19-40(38)50(41)23-25-52-36-16-11-33(46)12-17-36/h6,9-20,26-28,49H,7-8,21-25,48H2,1-5H3/p+1/b30-20+,41-27+. The number of fused-ring (bicyclic) bond motifs is 1. The third kappa shape index (κ3) is 8.82. The lowest BCUT2D eigenvalue weighted by atomic mass is 9.79. The van der Waals surface area contributed by atoms with Gasteiger partial charge in [-0.05, 0) is 133 Å². The van der Waals surface area contributed by atoms with Crippen molar-refractivity contribution in [3.05, 3.63) is 145 Å². The molecule has 0 spiro atoms. The number of nitrogens with zero attached hydrogens (tertiary/aromatic N) is 1. The molecule has 2 aliphatic rings. The maximum Gasteiger partial charge on any atom is 0.137 e. The first-order valence-corrected chi connectivity index (χ1v) is 20.0. The summed E-state index contributed by atoms with van der Waals surface area (Å²) in [6.45, 7) is 14.1. The van der Waals surface area contributed by atoms with Crippen molar-refractivity contribution in [1.82, 2.24) is 0 Å². The van der Waals surface area contributed by atoms with Gasteiger partial charge >= 0.3 is 0 Å². The molecule has 0 bridgehead atoms. The average molecular weight is 847 g/mol. The minimum Gasteiger partial charge on any atom is -0.492 e. The van der Waals surface area contributed by atoms with Crippen molar-refractivity contribution in [2.75, 3.05) is 36.9 Å². The van der Waals surface area contributed by atoms with Crippen LogP contribution in [0.5, 0.6) is 11.5 Å². The van der Waals surface area contributed by atoms with E-state index in [0.717, 1.165) is 57.0 Å². The van der Waals surface area contributed by atoms with Crippen LogP contribution in [0.1, 0.15) is 63.6 Å². The van der Waals surface area contributed by atoms with Gasteiger partial charge in [-0.1, -0.05) is 88.9 Å². The molecule has 0 fully saturated rings. The molecule has 0 amide bonds. The van der Waals surface area contributed by atoms with Crippen molar-refractivity contribution in [1.29, 1.82) is 0 Å². The molecular weight excluding hydrogens is 798 g/mol. The topological polar surface area (TPSA) is 64.3 Å². The lowest BCUT2D eigenvalue weighted by molar-refractivity contribution is -0.573. The zero-order valence-electron chi connectivity index (χ0n) is 30.7. The van der Waals surface area contributed by atoms with Crippen LogP contribution < -0.4 is 25.4 Å². The highest BCUT2D eigenvalue weighted by Crippen LogP contribution is 2.50. The second-order valence-electron chi connectivity index (χ2n) is 14.9. The molecule has 1 aliphatic carbocycles. The number of quaternary nitrogens is 1. The van der Waals surface area contributed by atoms with E-state index in [1.807, 2.05) is 54.6 Å². The van der Waals surface area contributed by atoms with Crippen LogP contribution in [0, 0.1) is 6.92 Å². The molecule has 5 nitrogen and oxygen atoms in total. The number of aryl methyl sites for hydroxylation is 1. The first-order chi connectivity index (χ1) is 24.8. The van der Waals surface area contributed by atoms with E-state index in [2.05, 4.69) is 119 Å². The van der Waals surface area contributed by atoms with E-state index >= 15 is 0 Å². The number of rotatable bonds is 13. The van der Waals surface area contributed by atoms with Gasteiger partial charge < -0.3 is 25.4 Å². The minimum absolute atomic E-state index is 0.0868. The minimum atomic E-state index is -0.248. The van der Waals surface area contributed by atoms with E-state index in [4.69, 9.17) is 26.8 Å². The van der Waals surface area contributed by atoms with E-state index in [9.17, 15) is 0 Å². The molecule has 4 N–H and O–H groups in total.